The summed E-state index contributed by atoms with van der Waals surface area (Å²) in [6, 6.07) is 6.83. The average Bonchev–Trinajstić information content (AvgIpc) is 2.48. The molecule has 0 amide bonds. The van der Waals surface area contributed by atoms with Crippen molar-refractivity contribution in [3.63, 3.8) is 0 Å². The molecule has 1 aromatic carbocycles. The number of aryl methyl sites for hydroxylation is 1. The van der Waals surface area contributed by atoms with Crippen molar-refractivity contribution in [1.82, 2.24) is 9.97 Å². The highest BCUT2D eigenvalue weighted by Crippen LogP contribution is 2.27. The van der Waals surface area contributed by atoms with E-state index in [2.05, 4.69) is 9.97 Å². The average molecular weight is 274 g/mol. The van der Waals surface area contributed by atoms with Gasteiger partial charge in [0.05, 0.1) is 6.61 Å². The number of halogens is 1. The van der Waals surface area contributed by atoms with Crippen LogP contribution < -0.4 is 0 Å². The highest BCUT2D eigenvalue weighted by atomic mass is 19.1. The normalized spacial score (nSPS) is 11.9. The lowest BCUT2D eigenvalue weighted by Gasteiger charge is -2.12. The fourth-order valence-corrected chi connectivity index (χ4v) is 1.84. The third-order valence-corrected chi connectivity index (χ3v) is 2.87. The molecule has 0 aliphatic heterocycles. The zero-order valence-corrected chi connectivity index (χ0v) is 11.3. The number of rotatable bonds is 4. The van der Waals surface area contributed by atoms with Gasteiger partial charge in [-0.3, -0.25) is 0 Å². The van der Waals surface area contributed by atoms with E-state index in [9.17, 15) is 9.18 Å². The molecule has 1 unspecified atom stereocenters. The first-order valence-corrected chi connectivity index (χ1v) is 6.32. The second-order valence-corrected chi connectivity index (χ2v) is 4.26. The van der Waals surface area contributed by atoms with Crippen molar-refractivity contribution >= 4 is 5.97 Å². The van der Waals surface area contributed by atoms with Gasteiger partial charge >= 0.3 is 5.97 Å². The summed E-state index contributed by atoms with van der Waals surface area (Å²) in [5.41, 5.74) is 1.64. The molecule has 1 atom stereocenters. The van der Waals surface area contributed by atoms with E-state index in [0.29, 0.717) is 17.0 Å². The van der Waals surface area contributed by atoms with Crippen LogP contribution in [0.3, 0.4) is 0 Å². The zero-order valence-electron chi connectivity index (χ0n) is 11.3. The van der Waals surface area contributed by atoms with E-state index in [-0.39, 0.29) is 12.2 Å². The van der Waals surface area contributed by atoms with Gasteiger partial charge in [-0.2, -0.15) is 0 Å². The van der Waals surface area contributed by atoms with Crippen LogP contribution in [0.25, 0.3) is 11.4 Å². The topological polar surface area (TPSA) is 52.1 Å². The molecule has 1 aromatic heterocycles. The highest BCUT2D eigenvalue weighted by Gasteiger charge is 2.23. The molecule has 0 saturated carbocycles. The van der Waals surface area contributed by atoms with Crippen molar-refractivity contribution in [2.24, 2.45) is 0 Å². The van der Waals surface area contributed by atoms with Gasteiger partial charge in [-0.05, 0) is 31.5 Å². The van der Waals surface area contributed by atoms with E-state index in [0.717, 1.165) is 0 Å². The number of aromatic nitrogens is 2. The van der Waals surface area contributed by atoms with Gasteiger partial charge in [0.2, 0.25) is 6.17 Å². The number of hydrogen-bond donors (Lipinski definition) is 0. The van der Waals surface area contributed by atoms with Crippen LogP contribution in [0, 0.1) is 6.92 Å². The van der Waals surface area contributed by atoms with Gasteiger partial charge in [-0.15, -0.1) is 0 Å². The second-order valence-electron chi connectivity index (χ2n) is 4.26. The Morgan fingerprint density at radius 2 is 2.05 bits per heavy atom. The highest BCUT2D eigenvalue weighted by molar-refractivity contribution is 5.77. The summed E-state index contributed by atoms with van der Waals surface area (Å²) >= 11 is 0. The molecule has 4 nitrogen and oxygen atoms in total. The maximum absolute atomic E-state index is 14.2. The summed E-state index contributed by atoms with van der Waals surface area (Å²) in [4.78, 5) is 19.7. The minimum absolute atomic E-state index is 0.153. The van der Waals surface area contributed by atoms with Crippen LogP contribution in [-0.2, 0) is 9.53 Å². The predicted octanol–water partition coefficient (Wildman–Crippen LogP) is 3.03. The van der Waals surface area contributed by atoms with Gasteiger partial charge < -0.3 is 4.74 Å². The van der Waals surface area contributed by atoms with Crippen molar-refractivity contribution in [2.75, 3.05) is 6.61 Å². The predicted molar refractivity (Wildman–Crippen MR) is 72.7 cm³/mol. The number of alkyl halides is 1. The van der Waals surface area contributed by atoms with Crippen molar-refractivity contribution in [3.05, 3.63) is 47.8 Å². The summed E-state index contributed by atoms with van der Waals surface area (Å²) in [6.07, 6.45) is 1.43. The zero-order chi connectivity index (χ0) is 14.5. The number of ether oxygens (including phenoxy) is 1. The smallest absolute Gasteiger partial charge is 0.345 e. The molecule has 0 bridgehead atoms. The van der Waals surface area contributed by atoms with E-state index in [4.69, 9.17) is 4.74 Å². The molecular weight excluding hydrogens is 259 g/mol. The van der Waals surface area contributed by atoms with E-state index in [1.54, 1.807) is 50.5 Å². The van der Waals surface area contributed by atoms with Crippen LogP contribution in [0.4, 0.5) is 4.39 Å². The van der Waals surface area contributed by atoms with E-state index in [1.165, 1.54) is 0 Å². The second kappa shape index (κ2) is 6.23. The Morgan fingerprint density at radius 1 is 1.35 bits per heavy atom. The SMILES string of the molecule is CCOC(=O)C(F)c1cc(-c2ncccn2)ccc1C. The molecular formula is C15H15FN2O2. The first-order valence-electron chi connectivity index (χ1n) is 6.32. The Balaban J connectivity index is 2.37. The Kier molecular flexibility index (Phi) is 4.40. The maximum atomic E-state index is 14.2. The Bertz CT molecular complexity index is 602. The largest absolute Gasteiger partial charge is 0.464 e. The van der Waals surface area contributed by atoms with E-state index < -0.39 is 12.1 Å². The summed E-state index contributed by atoms with van der Waals surface area (Å²) < 4.78 is 18.9. The fourth-order valence-electron chi connectivity index (χ4n) is 1.84. The lowest BCUT2D eigenvalue weighted by Crippen LogP contribution is -2.13. The molecule has 0 radical (unpaired) electrons. The maximum Gasteiger partial charge on any atom is 0.345 e. The van der Waals surface area contributed by atoms with Gasteiger partial charge in [-0.25, -0.2) is 19.2 Å². The fraction of sp³-hybridized carbons (Fsp3) is 0.267. The summed E-state index contributed by atoms with van der Waals surface area (Å²) in [5.74, 6) is -0.383. The number of hydrogen-bond acceptors (Lipinski definition) is 4. The minimum atomic E-state index is -1.79. The molecule has 0 fully saturated rings. The summed E-state index contributed by atoms with van der Waals surface area (Å²) in [5, 5.41) is 0. The lowest BCUT2D eigenvalue weighted by atomic mass is 10.0. The summed E-state index contributed by atoms with van der Waals surface area (Å²) in [7, 11) is 0. The van der Waals surface area contributed by atoms with Gasteiger partial charge in [0.25, 0.3) is 0 Å². The summed E-state index contributed by atoms with van der Waals surface area (Å²) in [6.45, 7) is 3.54. The molecule has 104 valence electrons. The van der Waals surface area contributed by atoms with Crippen molar-refractivity contribution in [2.45, 2.75) is 20.0 Å². The van der Waals surface area contributed by atoms with Crippen LogP contribution in [-0.4, -0.2) is 22.5 Å². The molecule has 0 aliphatic rings. The molecule has 0 saturated heterocycles. The molecule has 0 N–H and O–H groups in total. The molecule has 0 spiro atoms. The number of carbonyl (C=O) groups is 1. The minimum Gasteiger partial charge on any atom is -0.464 e. The molecule has 1 heterocycles. The van der Waals surface area contributed by atoms with Gasteiger partial charge in [0, 0.05) is 23.5 Å². The van der Waals surface area contributed by atoms with Crippen molar-refractivity contribution < 1.29 is 13.9 Å². The monoisotopic (exact) mass is 274 g/mol. The molecule has 2 rings (SSSR count). The standard InChI is InChI=1S/C15H15FN2O2/c1-3-20-15(19)13(16)12-9-11(6-5-10(12)2)14-17-7-4-8-18-14/h4-9,13H,3H2,1-2H3. The first-order chi connectivity index (χ1) is 9.63. The molecule has 20 heavy (non-hydrogen) atoms. The van der Waals surface area contributed by atoms with Gasteiger partial charge in [0.1, 0.15) is 0 Å². The van der Waals surface area contributed by atoms with Crippen LogP contribution in [0.5, 0.6) is 0 Å². The van der Waals surface area contributed by atoms with E-state index >= 15 is 0 Å². The number of nitrogens with zero attached hydrogens (tertiary/aromatic N) is 2. The van der Waals surface area contributed by atoms with Crippen LogP contribution in [0.15, 0.2) is 36.7 Å². The third kappa shape index (κ3) is 2.99. The number of carbonyl (C=O) groups excluding carboxylic acids is 1. The third-order valence-electron chi connectivity index (χ3n) is 2.87. The number of esters is 1. The van der Waals surface area contributed by atoms with E-state index in [1.807, 2.05) is 0 Å². The van der Waals surface area contributed by atoms with Crippen LogP contribution in [0.1, 0.15) is 24.2 Å². The Hall–Kier alpha value is -2.30. The quantitative estimate of drug-likeness (QED) is 0.804. The van der Waals surface area contributed by atoms with Crippen molar-refractivity contribution in [1.29, 1.82) is 0 Å². The van der Waals surface area contributed by atoms with Gasteiger partial charge in [0.15, 0.2) is 5.82 Å². The Labute approximate surface area is 116 Å². The molecule has 5 heteroatoms. The first kappa shape index (κ1) is 14.1. The van der Waals surface area contributed by atoms with Crippen LogP contribution >= 0.6 is 0 Å². The van der Waals surface area contributed by atoms with Crippen molar-refractivity contribution in [3.8, 4) is 11.4 Å². The Morgan fingerprint density at radius 3 is 2.70 bits per heavy atom. The molecule has 2 aromatic rings. The lowest BCUT2D eigenvalue weighted by molar-refractivity contribution is -0.149. The number of benzene rings is 1. The van der Waals surface area contributed by atoms with Gasteiger partial charge in [-0.1, -0.05) is 12.1 Å². The molecule has 0 aliphatic carbocycles. The van der Waals surface area contributed by atoms with Crippen LogP contribution in [0.2, 0.25) is 0 Å².